The summed E-state index contributed by atoms with van der Waals surface area (Å²) in [4.78, 5) is 17.6. The number of halogens is 1. The molecule has 0 bridgehead atoms. The van der Waals surface area contributed by atoms with Gasteiger partial charge in [0.15, 0.2) is 0 Å². The number of carbonyl (C=O) groups is 1. The van der Waals surface area contributed by atoms with Crippen LogP contribution in [0.4, 0.5) is 4.39 Å². The van der Waals surface area contributed by atoms with Gasteiger partial charge in [0, 0.05) is 17.1 Å². The molecule has 160 valence electrons. The van der Waals surface area contributed by atoms with E-state index in [2.05, 4.69) is 9.39 Å². The maximum absolute atomic E-state index is 13.7. The summed E-state index contributed by atoms with van der Waals surface area (Å²) in [5.74, 6) is -1.51. The zero-order valence-electron chi connectivity index (χ0n) is 16.9. The fraction of sp³-hybridized carbons (Fsp3) is 0.200. The first-order valence-electron chi connectivity index (χ1n) is 9.30. The second-order valence-electron chi connectivity index (χ2n) is 6.95. The Hall–Kier alpha value is -3.05. The third-order valence-corrected chi connectivity index (χ3v) is 7.40. The van der Waals surface area contributed by atoms with E-state index in [0.29, 0.717) is 11.3 Å². The number of rotatable bonds is 3. The van der Waals surface area contributed by atoms with Crippen LogP contribution in [0.15, 0.2) is 45.3 Å². The summed E-state index contributed by atoms with van der Waals surface area (Å²) >= 11 is 0.757. The molecule has 0 spiro atoms. The van der Waals surface area contributed by atoms with Gasteiger partial charge in [-0.15, -0.1) is 0 Å². The minimum atomic E-state index is -3.71. The largest absolute Gasteiger partial charge is 0.318 e. The molecule has 1 aromatic carbocycles. The lowest BCUT2D eigenvalue weighted by Crippen LogP contribution is -2.45. The highest BCUT2D eigenvalue weighted by Crippen LogP contribution is 2.31. The monoisotopic (exact) mass is 459 g/mol. The van der Waals surface area contributed by atoms with Crippen molar-refractivity contribution >= 4 is 49.9 Å². The molecule has 2 aliphatic rings. The summed E-state index contributed by atoms with van der Waals surface area (Å²) < 4.78 is 44.2. The number of amidine groups is 3. The number of amides is 1. The van der Waals surface area contributed by atoms with Crippen LogP contribution in [0.5, 0.6) is 0 Å². The van der Waals surface area contributed by atoms with Crippen molar-refractivity contribution in [2.75, 3.05) is 5.75 Å². The molecule has 31 heavy (non-hydrogen) atoms. The maximum Gasteiger partial charge on any atom is 0.283 e. The number of aryl methyl sites for hydroxylation is 1. The van der Waals surface area contributed by atoms with Crippen LogP contribution in [0.3, 0.4) is 0 Å². The lowest BCUT2D eigenvalue weighted by molar-refractivity contribution is -0.114. The van der Waals surface area contributed by atoms with Crippen molar-refractivity contribution < 1.29 is 17.6 Å². The first-order valence-corrected chi connectivity index (χ1v) is 11.7. The third kappa shape index (κ3) is 3.53. The Morgan fingerprint density at radius 2 is 2.00 bits per heavy atom. The van der Waals surface area contributed by atoms with Crippen LogP contribution in [0.2, 0.25) is 0 Å². The summed E-state index contributed by atoms with van der Waals surface area (Å²) in [6.07, 6.45) is 1.50. The number of benzene rings is 1. The maximum atomic E-state index is 13.7. The van der Waals surface area contributed by atoms with Crippen LogP contribution in [-0.2, 0) is 14.6 Å². The van der Waals surface area contributed by atoms with E-state index in [1.54, 1.807) is 12.1 Å². The van der Waals surface area contributed by atoms with Crippen molar-refractivity contribution in [1.82, 2.24) is 9.47 Å². The minimum absolute atomic E-state index is 0.0457. The summed E-state index contributed by atoms with van der Waals surface area (Å²) in [5, 5.41) is 8.25. The molecule has 3 heterocycles. The quantitative estimate of drug-likeness (QED) is 0.560. The van der Waals surface area contributed by atoms with Gasteiger partial charge >= 0.3 is 0 Å². The molecule has 2 aliphatic heterocycles. The fourth-order valence-electron chi connectivity index (χ4n) is 3.43. The highest BCUT2D eigenvalue weighted by atomic mass is 32.2. The molecule has 2 aromatic rings. The highest BCUT2D eigenvalue weighted by Gasteiger charge is 2.42. The van der Waals surface area contributed by atoms with Crippen LogP contribution >= 0.6 is 11.9 Å². The average molecular weight is 460 g/mol. The van der Waals surface area contributed by atoms with E-state index in [0.717, 1.165) is 28.2 Å². The van der Waals surface area contributed by atoms with Crippen molar-refractivity contribution in [2.45, 2.75) is 20.8 Å². The molecule has 0 unspecified atom stereocenters. The normalized spacial score (nSPS) is 17.8. The number of carbonyl (C=O) groups excluding carboxylic acids is 1. The fourth-order valence-corrected chi connectivity index (χ4v) is 5.39. The van der Waals surface area contributed by atoms with E-state index < -0.39 is 15.7 Å². The van der Waals surface area contributed by atoms with Crippen molar-refractivity contribution in [3.63, 3.8) is 0 Å². The Kier molecular flexibility index (Phi) is 5.18. The van der Waals surface area contributed by atoms with E-state index in [-0.39, 0.29) is 33.3 Å². The van der Waals surface area contributed by atoms with E-state index in [4.69, 9.17) is 5.41 Å². The van der Waals surface area contributed by atoms with Gasteiger partial charge in [-0.3, -0.25) is 10.2 Å². The molecule has 8 nitrogen and oxygen atoms in total. The molecule has 1 N–H and O–H groups in total. The molecule has 0 saturated heterocycles. The Morgan fingerprint density at radius 1 is 1.26 bits per heavy atom. The zero-order chi connectivity index (χ0) is 22.5. The molecule has 1 amide bonds. The smallest absolute Gasteiger partial charge is 0.283 e. The summed E-state index contributed by atoms with van der Waals surface area (Å²) in [5.41, 5.74) is 2.75. The number of aromatic nitrogens is 1. The number of nitrogens with zero attached hydrogens (tertiary/aromatic N) is 4. The molecule has 0 atom stereocenters. The number of hydrogen-bond donors (Lipinski definition) is 1. The minimum Gasteiger partial charge on any atom is -0.318 e. The van der Waals surface area contributed by atoms with Crippen LogP contribution in [0.25, 0.3) is 11.8 Å². The van der Waals surface area contributed by atoms with E-state index >= 15 is 0 Å². The zero-order valence-corrected chi connectivity index (χ0v) is 18.5. The van der Waals surface area contributed by atoms with E-state index in [1.807, 2.05) is 24.5 Å². The molecule has 0 aliphatic carbocycles. The van der Waals surface area contributed by atoms with Crippen LogP contribution < -0.4 is 0 Å². The predicted octanol–water partition coefficient (Wildman–Crippen LogP) is 3.24. The summed E-state index contributed by atoms with van der Waals surface area (Å²) in [6, 6.07) is 7.95. The lowest BCUT2D eigenvalue weighted by Gasteiger charge is -2.24. The molecule has 1 aromatic heterocycles. The Balaban J connectivity index is 1.78. The molecular weight excluding hydrogens is 441 g/mol. The molecule has 0 fully saturated rings. The first-order chi connectivity index (χ1) is 14.6. The van der Waals surface area contributed by atoms with Gasteiger partial charge in [-0.1, -0.05) is 13.0 Å². The Labute approximate surface area is 182 Å². The van der Waals surface area contributed by atoms with Crippen LogP contribution in [-0.4, -0.2) is 45.7 Å². The summed E-state index contributed by atoms with van der Waals surface area (Å²) in [6.45, 7) is 5.14. The molecule has 0 radical (unpaired) electrons. The van der Waals surface area contributed by atoms with Crippen molar-refractivity contribution in [2.24, 2.45) is 9.39 Å². The number of hydrogen-bond acceptors (Lipinski definition) is 6. The molecule has 4 rings (SSSR count). The second-order valence-corrected chi connectivity index (χ2v) is 9.85. The van der Waals surface area contributed by atoms with Gasteiger partial charge in [-0.2, -0.15) is 9.39 Å². The molecule has 0 saturated carbocycles. The number of fused-ring (bicyclic) bond motifs is 1. The highest BCUT2D eigenvalue weighted by molar-refractivity contribution is 8.16. The first kappa shape index (κ1) is 21.2. The van der Waals surface area contributed by atoms with E-state index in [9.17, 15) is 17.6 Å². The Bertz CT molecular complexity index is 1340. The lowest BCUT2D eigenvalue weighted by atomic mass is 10.1. The van der Waals surface area contributed by atoms with Crippen LogP contribution in [0.1, 0.15) is 23.9 Å². The topological polar surface area (TPSA) is 108 Å². The van der Waals surface area contributed by atoms with Gasteiger partial charge in [0.25, 0.3) is 5.91 Å². The Morgan fingerprint density at radius 3 is 2.68 bits per heavy atom. The van der Waals surface area contributed by atoms with Gasteiger partial charge < -0.3 is 4.57 Å². The van der Waals surface area contributed by atoms with Crippen LogP contribution in [0, 0.1) is 25.1 Å². The summed E-state index contributed by atoms with van der Waals surface area (Å²) in [7, 11) is -3.71. The van der Waals surface area contributed by atoms with Crippen molar-refractivity contribution in [1.29, 1.82) is 5.41 Å². The van der Waals surface area contributed by atoms with Crippen molar-refractivity contribution in [3.8, 4) is 5.69 Å². The number of nitrogens with one attached hydrogen (secondary N) is 1. The van der Waals surface area contributed by atoms with Gasteiger partial charge in [-0.05, 0) is 49.8 Å². The molecular formula is C20H18FN5O3S2. The van der Waals surface area contributed by atoms with Gasteiger partial charge in [-0.25, -0.2) is 17.7 Å². The molecule has 11 heteroatoms. The SMILES string of the molecule is CCS(=O)(=O)C1=NSC2=NC(=O)/C(=C\c3cc(C)n(-c4cccc(F)c4)c3C)C(=N)N21. The predicted molar refractivity (Wildman–Crippen MR) is 120 cm³/mol. The average Bonchev–Trinajstić information content (AvgIpc) is 3.26. The number of aliphatic imine (C=N–C) groups is 1. The van der Waals surface area contributed by atoms with Gasteiger partial charge in [0.2, 0.25) is 20.2 Å². The standard InChI is InChI=1S/C20H18FN5O3S2/c1-4-31(28,29)20-24-30-19-23-18(27)16(17(22)26(19)20)9-13-8-11(2)25(12(13)3)15-7-5-6-14(21)10-15/h5-10,22H,4H2,1-3H3/b16-9-,22-17?. The van der Waals surface area contributed by atoms with Gasteiger partial charge in [0.1, 0.15) is 11.7 Å². The number of sulfone groups is 1. The second kappa shape index (κ2) is 7.57. The van der Waals surface area contributed by atoms with E-state index in [1.165, 1.54) is 25.1 Å². The van der Waals surface area contributed by atoms with Crippen molar-refractivity contribution in [3.05, 3.63) is 58.7 Å². The third-order valence-electron chi connectivity index (χ3n) is 4.99. The van der Waals surface area contributed by atoms with Gasteiger partial charge in [0.05, 0.1) is 23.3 Å².